The molecule has 0 spiro atoms. The van der Waals surface area contributed by atoms with Gasteiger partial charge in [-0.05, 0) is 46.3 Å². The van der Waals surface area contributed by atoms with Gasteiger partial charge < -0.3 is 0 Å². The lowest BCUT2D eigenvalue weighted by Gasteiger charge is -1.89. The van der Waals surface area contributed by atoms with E-state index in [0.717, 1.165) is 17.2 Å². The summed E-state index contributed by atoms with van der Waals surface area (Å²) in [5.74, 6) is 1.76. The first-order valence-electron chi connectivity index (χ1n) is 3.62. The summed E-state index contributed by atoms with van der Waals surface area (Å²) in [6, 6.07) is 4.38. The molecule has 0 bridgehead atoms. The van der Waals surface area contributed by atoms with Gasteiger partial charge in [0.05, 0.1) is 3.79 Å². The van der Waals surface area contributed by atoms with Gasteiger partial charge >= 0.3 is 0 Å². The van der Waals surface area contributed by atoms with Crippen LogP contribution in [0, 0.1) is 5.92 Å². The van der Waals surface area contributed by atoms with Crippen LogP contribution in [-0.2, 0) is 0 Å². The van der Waals surface area contributed by atoms with E-state index >= 15 is 0 Å². The number of halogens is 2. The van der Waals surface area contributed by atoms with E-state index in [9.17, 15) is 0 Å². The Balaban J connectivity index is 2.08. The molecular formula is C8H8Br2S. The molecule has 0 N–H and O–H groups in total. The van der Waals surface area contributed by atoms with Gasteiger partial charge in [0.2, 0.25) is 0 Å². The van der Waals surface area contributed by atoms with Crippen molar-refractivity contribution >= 4 is 43.2 Å². The number of rotatable bonds is 2. The van der Waals surface area contributed by atoms with Crippen LogP contribution in [0.3, 0.4) is 0 Å². The number of hydrogen-bond acceptors (Lipinski definition) is 1. The average Bonchev–Trinajstić information content (AvgIpc) is 2.68. The predicted molar refractivity (Wildman–Crippen MR) is 56.7 cm³/mol. The second kappa shape index (κ2) is 3.19. The maximum atomic E-state index is 3.51. The highest BCUT2D eigenvalue weighted by molar-refractivity contribution is 9.11. The quantitative estimate of drug-likeness (QED) is 0.723. The zero-order valence-electron chi connectivity index (χ0n) is 5.89. The van der Waals surface area contributed by atoms with Crippen LogP contribution < -0.4 is 0 Å². The van der Waals surface area contributed by atoms with E-state index in [1.807, 2.05) is 11.3 Å². The van der Waals surface area contributed by atoms with Crippen LogP contribution in [0.25, 0.3) is 0 Å². The fourth-order valence-corrected chi connectivity index (χ4v) is 3.64. The Morgan fingerprint density at radius 1 is 1.55 bits per heavy atom. The monoisotopic (exact) mass is 294 g/mol. The molecule has 1 aliphatic carbocycles. The first-order chi connectivity index (χ1) is 5.31. The summed E-state index contributed by atoms with van der Waals surface area (Å²) in [7, 11) is 0. The topological polar surface area (TPSA) is 0 Å². The maximum Gasteiger partial charge on any atom is 0.0701 e. The summed E-state index contributed by atoms with van der Waals surface area (Å²) in [5, 5.41) is 1.16. The lowest BCUT2D eigenvalue weighted by Crippen LogP contribution is -1.78. The molecule has 0 aromatic carbocycles. The van der Waals surface area contributed by atoms with Crippen LogP contribution >= 0.6 is 43.2 Å². The van der Waals surface area contributed by atoms with Gasteiger partial charge in [-0.25, -0.2) is 0 Å². The predicted octanol–water partition coefficient (Wildman–Crippen LogP) is 4.01. The molecular weight excluding hydrogens is 288 g/mol. The van der Waals surface area contributed by atoms with E-state index in [1.165, 1.54) is 10.2 Å². The van der Waals surface area contributed by atoms with Gasteiger partial charge in [-0.2, -0.15) is 0 Å². The van der Waals surface area contributed by atoms with Gasteiger partial charge in [-0.15, -0.1) is 11.3 Å². The molecule has 2 rings (SSSR count). The van der Waals surface area contributed by atoms with Crippen molar-refractivity contribution in [3.63, 3.8) is 0 Å². The minimum Gasteiger partial charge on any atom is -0.133 e. The highest BCUT2D eigenvalue weighted by Gasteiger charge is 2.37. The Hall–Kier alpha value is 0.660. The zero-order valence-corrected chi connectivity index (χ0v) is 9.88. The fraction of sp³-hybridized carbons (Fsp3) is 0.500. The van der Waals surface area contributed by atoms with Crippen molar-refractivity contribution in [2.24, 2.45) is 5.92 Å². The lowest BCUT2D eigenvalue weighted by atomic mass is 10.3. The van der Waals surface area contributed by atoms with E-state index in [4.69, 9.17) is 0 Å². The normalized spacial score (nSPS) is 28.9. The Labute approximate surface area is 87.3 Å². The molecule has 2 unspecified atom stereocenters. The van der Waals surface area contributed by atoms with Gasteiger partial charge in [-0.3, -0.25) is 0 Å². The van der Waals surface area contributed by atoms with Crippen molar-refractivity contribution in [3.05, 3.63) is 20.8 Å². The first kappa shape index (κ1) is 8.27. The molecule has 1 aromatic heterocycles. The van der Waals surface area contributed by atoms with Crippen LogP contribution in [0.15, 0.2) is 15.9 Å². The van der Waals surface area contributed by atoms with Crippen molar-refractivity contribution in [1.29, 1.82) is 0 Å². The molecule has 3 heteroatoms. The van der Waals surface area contributed by atoms with Gasteiger partial charge in [-0.1, -0.05) is 15.9 Å². The molecule has 0 aliphatic heterocycles. The summed E-state index contributed by atoms with van der Waals surface area (Å²) in [6.45, 7) is 0. The fourth-order valence-electron chi connectivity index (χ4n) is 1.29. The highest BCUT2D eigenvalue weighted by atomic mass is 79.9. The Kier molecular flexibility index (Phi) is 2.40. The minimum atomic E-state index is 0.852. The Morgan fingerprint density at radius 3 is 2.82 bits per heavy atom. The van der Waals surface area contributed by atoms with E-state index in [2.05, 4.69) is 44.0 Å². The molecule has 1 aliphatic rings. The van der Waals surface area contributed by atoms with Crippen molar-refractivity contribution in [2.45, 2.75) is 12.3 Å². The standard InChI is InChI=1S/C8H8Br2S/c9-4-5-3-6(5)7-1-2-8(10)11-7/h1-2,5-6H,3-4H2. The molecule has 0 nitrogen and oxygen atoms in total. The van der Waals surface area contributed by atoms with Crippen LogP contribution in [0.1, 0.15) is 17.2 Å². The van der Waals surface area contributed by atoms with E-state index in [-0.39, 0.29) is 0 Å². The van der Waals surface area contributed by atoms with Crippen molar-refractivity contribution < 1.29 is 0 Å². The van der Waals surface area contributed by atoms with Crippen molar-refractivity contribution in [3.8, 4) is 0 Å². The molecule has 1 fully saturated rings. The van der Waals surface area contributed by atoms with Gasteiger partial charge in [0.15, 0.2) is 0 Å². The van der Waals surface area contributed by atoms with Gasteiger partial charge in [0, 0.05) is 10.2 Å². The van der Waals surface area contributed by atoms with Crippen LogP contribution in [0.2, 0.25) is 0 Å². The van der Waals surface area contributed by atoms with Crippen molar-refractivity contribution in [1.82, 2.24) is 0 Å². The van der Waals surface area contributed by atoms with E-state index in [0.29, 0.717) is 0 Å². The molecule has 1 heterocycles. The second-order valence-electron chi connectivity index (χ2n) is 2.90. The molecule has 1 saturated carbocycles. The Morgan fingerprint density at radius 2 is 2.36 bits per heavy atom. The summed E-state index contributed by atoms with van der Waals surface area (Å²) >= 11 is 8.86. The van der Waals surface area contributed by atoms with Crippen LogP contribution in [0.5, 0.6) is 0 Å². The minimum absolute atomic E-state index is 0.852. The third-order valence-electron chi connectivity index (χ3n) is 2.08. The number of hydrogen-bond donors (Lipinski definition) is 0. The molecule has 0 amide bonds. The third kappa shape index (κ3) is 1.70. The van der Waals surface area contributed by atoms with E-state index < -0.39 is 0 Å². The SMILES string of the molecule is BrCC1CC1c1ccc(Br)s1. The number of alkyl halides is 1. The summed E-state index contributed by atoms with van der Waals surface area (Å²) in [6.07, 6.45) is 1.37. The molecule has 2 atom stereocenters. The summed E-state index contributed by atoms with van der Waals surface area (Å²) in [5.41, 5.74) is 0. The van der Waals surface area contributed by atoms with Gasteiger partial charge in [0.25, 0.3) is 0 Å². The first-order valence-corrected chi connectivity index (χ1v) is 6.35. The second-order valence-corrected chi connectivity index (χ2v) is 6.04. The molecule has 0 radical (unpaired) electrons. The summed E-state index contributed by atoms with van der Waals surface area (Å²) < 4.78 is 1.26. The molecule has 60 valence electrons. The zero-order chi connectivity index (χ0) is 7.84. The largest absolute Gasteiger partial charge is 0.133 e. The number of thiophene rings is 1. The summed E-state index contributed by atoms with van der Waals surface area (Å²) in [4.78, 5) is 1.54. The van der Waals surface area contributed by atoms with Crippen LogP contribution in [0.4, 0.5) is 0 Å². The van der Waals surface area contributed by atoms with Crippen LogP contribution in [-0.4, -0.2) is 5.33 Å². The lowest BCUT2D eigenvalue weighted by molar-refractivity contribution is 0.950. The van der Waals surface area contributed by atoms with E-state index in [1.54, 1.807) is 4.88 Å². The van der Waals surface area contributed by atoms with Crippen molar-refractivity contribution in [2.75, 3.05) is 5.33 Å². The molecule has 1 aromatic rings. The third-order valence-corrected chi connectivity index (χ3v) is 4.67. The average molecular weight is 296 g/mol. The maximum absolute atomic E-state index is 3.51. The molecule has 11 heavy (non-hydrogen) atoms. The molecule has 0 saturated heterocycles. The smallest absolute Gasteiger partial charge is 0.0701 e. The highest BCUT2D eigenvalue weighted by Crippen LogP contribution is 2.50. The van der Waals surface area contributed by atoms with Gasteiger partial charge in [0.1, 0.15) is 0 Å². The Bertz CT molecular complexity index is 256.